The quantitative estimate of drug-likeness (QED) is 0.0355. The number of aliphatic carboxylic acids is 3. The molecule has 0 fully saturated rings. The zero-order valence-electron chi connectivity index (χ0n) is 37.3. The number of phenolic OH excluding ortho intramolecular Hbond substituents is 1. The van der Waals surface area contributed by atoms with Gasteiger partial charge >= 0.3 is 17.9 Å². The van der Waals surface area contributed by atoms with Gasteiger partial charge in [0.05, 0.1) is 19.1 Å². The van der Waals surface area contributed by atoms with Gasteiger partial charge in [-0.15, -0.1) is 0 Å². The number of aromatic hydroxyl groups is 1. The van der Waals surface area contributed by atoms with Gasteiger partial charge in [0, 0.05) is 19.3 Å². The number of rotatable bonds is 30. The number of aliphatic hydroxyl groups is 1. The second kappa shape index (κ2) is 28.1. The number of carboxylic acid groups (broad SMARTS) is 3. The summed E-state index contributed by atoms with van der Waals surface area (Å²) in [6.07, 6.45) is -2.93. The van der Waals surface area contributed by atoms with E-state index in [1.165, 1.54) is 31.2 Å². The van der Waals surface area contributed by atoms with Gasteiger partial charge in [-0.2, -0.15) is 0 Å². The molecule has 25 heteroatoms. The SMILES string of the molecule is CC[C@H](C)[C@H](NC(=O)[C@H](CCC(N)=O)NC(=O)[C@H](CO)NC(=O)[C@H](Cc1ccc(O)cc1)NC(=O)[C@@H](N)CC(=O)O)C(=O)N[C@@H](CCC(=O)O)C(=O)N[C@@H](CC(C)C)C(=O)N[C@@H](C)C(=O)O. The Morgan fingerprint density at radius 2 is 1.06 bits per heavy atom. The lowest BCUT2D eigenvalue weighted by Gasteiger charge is -2.29. The highest BCUT2D eigenvalue weighted by molar-refractivity contribution is 5.98. The number of nitrogens with two attached hydrogens (primary N) is 2. The van der Waals surface area contributed by atoms with Crippen molar-refractivity contribution in [2.75, 3.05) is 6.61 Å². The summed E-state index contributed by atoms with van der Waals surface area (Å²) >= 11 is 0. The van der Waals surface area contributed by atoms with Crippen LogP contribution in [0.4, 0.5) is 0 Å². The second-order valence-corrected chi connectivity index (χ2v) is 16.1. The van der Waals surface area contributed by atoms with Gasteiger partial charge in [0.15, 0.2) is 0 Å². The normalized spacial score (nSPS) is 15.1. The minimum absolute atomic E-state index is 0.0224. The molecule has 0 aliphatic heterocycles. The van der Waals surface area contributed by atoms with Crippen molar-refractivity contribution in [1.29, 1.82) is 0 Å². The number of hydrogen-bond acceptors (Lipinski definition) is 14. The van der Waals surface area contributed by atoms with Crippen molar-refractivity contribution in [3.05, 3.63) is 29.8 Å². The van der Waals surface area contributed by atoms with E-state index in [1.54, 1.807) is 27.7 Å². The number of carboxylic acids is 3. The van der Waals surface area contributed by atoms with Crippen molar-refractivity contribution < 1.29 is 78.3 Å². The summed E-state index contributed by atoms with van der Waals surface area (Å²) in [7, 11) is 0. The van der Waals surface area contributed by atoms with Gasteiger partial charge in [-0.1, -0.05) is 46.2 Å². The van der Waals surface area contributed by atoms with E-state index >= 15 is 0 Å². The van der Waals surface area contributed by atoms with E-state index in [0.717, 1.165) is 0 Å². The van der Waals surface area contributed by atoms with Crippen LogP contribution in [0.5, 0.6) is 5.75 Å². The molecule has 66 heavy (non-hydrogen) atoms. The highest BCUT2D eigenvalue weighted by Crippen LogP contribution is 2.14. The van der Waals surface area contributed by atoms with Gasteiger partial charge < -0.3 is 74.2 Å². The molecule has 0 aliphatic carbocycles. The Bertz CT molecular complexity index is 1900. The molecular formula is C41H63N9O16. The molecule has 25 nitrogen and oxygen atoms in total. The maximum absolute atomic E-state index is 13.9. The zero-order valence-corrected chi connectivity index (χ0v) is 37.3. The third-order valence-electron chi connectivity index (χ3n) is 10.0. The standard InChI is InChI=1S/C41H63N9O16/c1-6-20(4)33(40(64)46-26(12-14-31(54)55)35(59)48-27(15-19(2)3)37(61)44-21(5)41(65)66)50-36(60)25(11-13-30(43)53)45-39(63)29(18-51)49-38(62)28(16-22-7-9-23(52)10-8-22)47-34(58)24(42)17-32(56)57/h7-10,19-21,24-29,33,51-52H,6,11-18,42H2,1-5H3,(H2,43,53)(H,44,61)(H,45,63)(H,46,64)(H,47,58)(H,48,59)(H,49,62)(H,50,60)(H,54,55)(H,56,57)(H,65,66)/t20-,21-,24-,25-,26-,27-,28-,29-,33-/m0/s1. The zero-order chi connectivity index (χ0) is 50.4. The van der Waals surface area contributed by atoms with Gasteiger partial charge in [0.25, 0.3) is 0 Å². The predicted octanol–water partition coefficient (Wildman–Crippen LogP) is -3.55. The average molecular weight is 938 g/mol. The summed E-state index contributed by atoms with van der Waals surface area (Å²) in [5.41, 5.74) is 11.4. The van der Waals surface area contributed by atoms with Crippen molar-refractivity contribution in [2.45, 2.75) is 134 Å². The monoisotopic (exact) mass is 937 g/mol. The van der Waals surface area contributed by atoms with Gasteiger partial charge in [-0.3, -0.25) is 52.7 Å². The van der Waals surface area contributed by atoms with Crippen LogP contribution in [0.1, 0.15) is 85.1 Å². The van der Waals surface area contributed by atoms with Crippen molar-refractivity contribution in [3.8, 4) is 5.75 Å². The number of phenols is 1. The third kappa shape index (κ3) is 20.7. The van der Waals surface area contributed by atoms with Crippen LogP contribution in [0.25, 0.3) is 0 Å². The number of nitrogens with one attached hydrogen (secondary N) is 7. The van der Waals surface area contributed by atoms with E-state index in [1.807, 2.05) is 0 Å². The third-order valence-corrected chi connectivity index (χ3v) is 10.0. The van der Waals surface area contributed by atoms with E-state index < -0.39 is 158 Å². The summed E-state index contributed by atoms with van der Waals surface area (Å²) in [6, 6.07) is -6.98. The summed E-state index contributed by atoms with van der Waals surface area (Å²) in [6.45, 7) is 6.75. The fraction of sp³-hybridized carbons (Fsp3) is 0.585. The highest BCUT2D eigenvalue weighted by atomic mass is 16.4. The van der Waals surface area contributed by atoms with Crippen molar-refractivity contribution >= 4 is 65.2 Å². The topological polar surface area (TPSA) is 425 Å². The molecule has 0 radical (unpaired) electrons. The van der Waals surface area contributed by atoms with E-state index in [0.29, 0.717) is 5.56 Å². The molecule has 0 aliphatic rings. The molecule has 9 atom stereocenters. The van der Waals surface area contributed by atoms with Crippen molar-refractivity contribution in [1.82, 2.24) is 37.2 Å². The maximum atomic E-state index is 13.9. The van der Waals surface area contributed by atoms with Gasteiger partial charge in [-0.05, 0) is 55.7 Å². The van der Waals surface area contributed by atoms with Crippen LogP contribution >= 0.6 is 0 Å². The smallest absolute Gasteiger partial charge is 0.325 e. The van der Waals surface area contributed by atoms with Crippen LogP contribution in [-0.2, 0) is 59.2 Å². The molecule has 1 aromatic carbocycles. The number of benzene rings is 1. The largest absolute Gasteiger partial charge is 0.508 e. The van der Waals surface area contributed by atoms with Crippen LogP contribution in [-0.4, -0.2) is 146 Å². The molecule has 1 rings (SSSR count). The number of carbonyl (C=O) groups excluding carboxylic acids is 8. The van der Waals surface area contributed by atoms with Gasteiger partial charge in [0.2, 0.25) is 47.3 Å². The molecule has 0 saturated carbocycles. The maximum Gasteiger partial charge on any atom is 0.325 e. The van der Waals surface area contributed by atoms with Crippen LogP contribution in [0.15, 0.2) is 24.3 Å². The summed E-state index contributed by atoms with van der Waals surface area (Å²) in [5.74, 6) is -13.3. The Hall–Kier alpha value is -6.89. The van der Waals surface area contributed by atoms with Crippen LogP contribution in [0.3, 0.4) is 0 Å². The first-order valence-corrected chi connectivity index (χ1v) is 21.0. The summed E-state index contributed by atoms with van der Waals surface area (Å²) in [5, 5.41) is 64.0. The highest BCUT2D eigenvalue weighted by Gasteiger charge is 2.36. The molecule has 0 aromatic heterocycles. The van der Waals surface area contributed by atoms with Crippen molar-refractivity contribution in [2.24, 2.45) is 23.3 Å². The number of carbonyl (C=O) groups is 11. The molecule has 0 heterocycles. The number of hydrogen-bond donors (Lipinski definition) is 14. The minimum atomic E-state index is -1.83. The number of aliphatic hydroxyl groups excluding tert-OH is 1. The molecule has 0 saturated heterocycles. The second-order valence-electron chi connectivity index (χ2n) is 16.1. The number of amides is 8. The lowest BCUT2D eigenvalue weighted by molar-refractivity contribution is -0.142. The fourth-order valence-corrected chi connectivity index (χ4v) is 6.04. The predicted molar refractivity (Wildman–Crippen MR) is 230 cm³/mol. The molecule has 368 valence electrons. The lowest BCUT2D eigenvalue weighted by atomic mass is 9.96. The van der Waals surface area contributed by atoms with E-state index in [2.05, 4.69) is 37.2 Å². The lowest BCUT2D eigenvalue weighted by Crippen LogP contribution is -2.61. The summed E-state index contributed by atoms with van der Waals surface area (Å²) < 4.78 is 0. The Labute approximate surface area is 379 Å². The first kappa shape index (κ1) is 57.1. The van der Waals surface area contributed by atoms with Crippen LogP contribution in [0.2, 0.25) is 0 Å². The van der Waals surface area contributed by atoms with E-state index in [9.17, 15) is 73.2 Å². The molecule has 8 amide bonds. The molecule has 1 aromatic rings. The summed E-state index contributed by atoms with van der Waals surface area (Å²) in [4.78, 5) is 140. The Balaban J connectivity index is 3.43. The molecule has 16 N–H and O–H groups in total. The number of primary amides is 1. The Morgan fingerprint density at radius 1 is 0.591 bits per heavy atom. The Morgan fingerprint density at radius 3 is 1.56 bits per heavy atom. The average Bonchev–Trinajstić information content (AvgIpc) is 3.23. The fourth-order valence-electron chi connectivity index (χ4n) is 6.04. The first-order chi connectivity index (χ1) is 30.8. The van der Waals surface area contributed by atoms with Gasteiger partial charge in [-0.25, -0.2) is 0 Å². The Kier molecular flexibility index (Phi) is 24.3. The molecule has 0 spiro atoms. The van der Waals surface area contributed by atoms with Crippen molar-refractivity contribution in [3.63, 3.8) is 0 Å². The molecule has 0 bridgehead atoms. The van der Waals surface area contributed by atoms with Crippen LogP contribution in [0, 0.1) is 11.8 Å². The van der Waals surface area contributed by atoms with Crippen LogP contribution < -0.4 is 48.7 Å². The van der Waals surface area contributed by atoms with E-state index in [-0.39, 0.29) is 30.9 Å². The molecular weight excluding hydrogens is 874 g/mol. The first-order valence-electron chi connectivity index (χ1n) is 21.0. The minimum Gasteiger partial charge on any atom is -0.508 e. The van der Waals surface area contributed by atoms with Gasteiger partial charge in [0.1, 0.15) is 48.0 Å². The van der Waals surface area contributed by atoms with E-state index in [4.69, 9.17) is 16.6 Å². The molecule has 0 unspecified atom stereocenters.